The van der Waals surface area contributed by atoms with Gasteiger partial charge < -0.3 is 26.5 Å². The standard InChI is InChI=1S/C6H9.Pt/c1-4-6(3)5-2;/h1,4,6H,2-3,5H2;/q-3;. The largest absolute Gasteiger partial charge is 0.520 e. The minimum atomic E-state index is 0. The van der Waals surface area contributed by atoms with E-state index < -0.39 is 0 Å². The molecule has 1 atom stereocenters. The van der Waals surface area contributed by atoms with E-state index in [4.69, 9.17) is 6.58 Å². The first-order valence-electron chi connectivity index (χ1n) is 1.98. The summed E-state index contributed by atoms with van der Waals surface area (Å²) in [4.78, 5) is 0. The van der Waals surface area contributed by atoms with Crippen LogP contribution < -0.4 is 0 Å². The first-order chi connectivity index (χ1) is 2.81. The van der Waals surface area contributed by atoms with Gasteiger partial charge in [0.15, 0.2) is 0 Å². The van der Waals surface area contributed by atoms with Gasteiger partial charge in [-0.15, -0.1) is 0 Å². The van der Waals surface area contributed by atoms with E-state index in [1.54, 1.807) is 6.08 Å². The van der Waals surface area contributed by atoms with Gasteiger partial charge in [-0.2, -0.15) is 0 Å². The van der Waals surface area contributed by atoms with Crippen LogP contribution in [0, 0.1) is 26.3 Å². The predicted molar refractivity (Wildman–Crippen MR) is 27.7 cm³/mol. The molecule has 0 aliphatic carbocycles. The fourth-order valence-electron chi connectivity index (χ4n) is 0.0962. The smallest absolute Gasteiger partial charge is 0 e. The van der Waals surface area contributed by atoms with Crippen LogP contribution in [0.2, 0.25) is 0 Å². The second-order valence-electron chi connectivity index (χ2n) is 1.24. The maximum atomic E-state index is 5.06. The molecule has 0 aliphatic heterocycles. The molecule has 0 fully saturated rings. The summed E-state index contributed by atoms with van der Waals surface area (Å²) < 4.78 is 0. The van der Waals surface area contributed by atoms with E-state index >= 15 is 0 Å². The average molecular weight is 276 g/mol. The molecule has 0 aliphatic rings. The molecule has 46 valence electrons. The Morgan fingerprint density at radius 1 is 1.71 bits per heavy atom. The monoisotopic (exact) mass is 276 g/mol. The van der Waals surface area contributed by atoms with Gasteiger partial charge in [-0.25, -0.2) is 12.3 Å². The van der Waals surface area contributed by atoms with E-state index in [1.807, 2.05) is 0 Å². The second kappa shape index (κ2) is 6.43. The van der Waals surface area contributed by atoms with Crippen molar-refractivity contribution < 1.29 is 21.1 Å². The molecule has 0 aromatic rings. The molecule has 1 unspecified atom stereocenters. The number of allylic oxidation sites excluding steroid dienone is 1. The van der Waals surface area contributed by atoms with Crippen LogP contribution in [0.4, 0.5) is 0 Å². The minimum absolute atomic E-state index is 0. The molecule has 0 saturated heterocycles. The first-order valence-corrected chi connectivity index (χ1v) is 1.98. The minimum Gasteiger partial charge on any atom is -0.520 e. The van der Waals surface area contributed by atoms with Gasteiger partial charge >= 0.3 is 0 Å². The van der Waals surface area contributed by atoms with Crippen molar-refractivity contribution in [3.05, 3.63) is 26.5 Å². The zero-order valence-corrected chi connectivity index (χ0v) is 6.44. The number of hydrogen-bond donors (Lipinski definition) is 0. The molecule has 0 nitrogen and oxygen atoms in total. The van der Waals surface area contributed by atoms with Crippen LogP contribution in [-0.2, 0) is 21.1 Å². The molecule has 7 heavy (non-hydrogen) atoms. The van der Waals surface area contributed by atoms with Crippen molar-refractivity contribution in [3.63, 3.8) is 0 Å². The van der Waals surface area contributed by atoms with Crippen LogP contribution in [0.25, 0.3) is 0 Å². The van der Waals surface area contributed by atoms with Gasteiger partial charge in [0.05, 0.1) is 0 Å². The Bertz CT molecular complexity index is 41.4. The van der Waals surface area contributed by atoms with E-state index in [9.17, 15) is 0 Å². The third-order valence-electron chi connectivity index (χ3n) is 0.643. The molecule has 0 amide bonds. The molecule has 0 spiro atoms. The summed E-state index contributed by atoms with van der Waals surface area (Å²) in [5.41, 5.74) is 0. The van der Waals surface area contributed by atoms with E-state index in [-0.39, 0.29) is 27.0 Å². The second-order valence-corrected chi connectivity index (χ2v) is 1.24. The SMILES string of the molecule is [CH-]=CC([CH2-])C[CH2-].[Pt]. The molecule has 0 radical (unpaired) electrons. The summed E-state index contributed by atoms with van der Waals surface area (Å²) in [6, 6.07) is 0. The maximum absolute atomic E-state index is 5.06. The van der Waals surface area contributed by atoms with Crippen LogP contribution in [-0.4, -0.2) is 0 Å². The average Bonchev–Trinajstić information content (AvgIpc) is 1.65. The molecule has 0 saturated carbocycles. The van der Waals surface area contributed by atoms with Gasteiger partial charge in [0.1, 0.15) is 0 Å². The van der Waals surface area contributed by atoms with Crippen LogP contribution in [0.15, 0.2) is 6.08 Å². The van der Waals surface area contributed by atoms with Crippen LogP contribution in [0.5, 0.6) is 0 Å². The van der Waals surface area contributed by atoms with E-state index in [0.29, 0.717) is 0 Å². The molecule has 0 rings (SSSR count). The molecular weight excluding hydrogens is 267 g/mol. The third-order valence-corrected chi connectivity index (χ3v) is 0.643. The first kappa shape index (κ1) is 10.4. The molecular formula is C6H9Pt-3. The molecule has 0 heterocycles. The summed E-state index contributed by atoms with van der Waals surface area (Å²) in [6.45, 7) is 12.3. The summed E-state index contributed by atoms with van der Waals surface area (Å²) in [7, 11) is 0. The fraction of sp³-hybridized carbons (Fsp3) is 0.333. The summed E-state index contributed by atoms with van der Waals surface area (Å²) >= 11 is 0. The normalized spacial score (nSPS) is 11.7. The topological polar surface area (TPSA) is 0 Å². The third kappa shape index (κ3) is 6.43. The Labute approximate surface area is 60.3 Å². The Kier molecular flexibility index (Phi) is 9.57. The van der Waals surface area contributed by atoms with Crippen molar-refractivity contribution in [1.29, 1.82) is 0 Å². The van der Waals surface area contributed by atoms with Gasteiger partial charge in [0.2, 0.25) is 0 Å². The Hall–Kier alpha value is 0.428. The fourth-order valence-corrected chi connectivity index (χ4v) is 0.0962. The predicted octanol–water partition coefficient (Wildman–Crippen LogP) is 1.65. The zero-order chi connectivity index (χ0) is 4.99. The van der Waals surface area contributed by atoms with Gasteiger partial charge in [-0.05, 0) is 0 Å². The van der Waals surface area contributed by atoms with Crippen molar-refractivity contribution in [2.45, 2.75) is 6.42 Å². The molecule has 0 N–H and O–H groups in total. The molecule has 0 aromatic carbocycles. The number of rotatable bonds is 2. The Morgan fingerprint density at radius 3 is 2.14 bits per heavy atom. The van der Waals surface area contributed by atoms with E-state index in [1.165, 1.54) is 0 Å². The van der Waals surface area contributed by atoms with Gasteiger partial charge in [-0.3, -0.25) is 0 Å². The quantitative estimate of drug-likeness (QED) is 0.673. The zero-order valence-electron chi connectivity index (χ0n) is 4.17. The van der Waals surface area contributed by atoms with Crippen molar-refractivity contribution in [3.8, 4) is 0 Å². The van der Waals surface area contributed by atoms with Crippen molar-refractivity contribution >= 4 is 0 Å². The Balaban J connectivity index is 0. The van der Waals surface area contributed by atoms with Gasteiger partial charge in [0.25, 0.3) is 0 Å². The van der Waals surface area contributed by atoms with Crippen LogP contribution >= 0.6 is 0 Å². The summed E-state index contributed by atoms with van der Waals surface area (Å²) in [6.07, 6.45) is 2.34. The van der Waals surface area contributed by atoms with E-state index in [2.05, 4.69) is 13.8 Å². The molecule has 1 heteroatoms. The van der Waals surface area contributed by atoms with Crippen molar-refractivity contribution in [2.75, 3.05) is 0 Å². The summed E-state index contributed by atoms with van der Waals surface area (Å²) in [5, 5.41) is 0. The van der Waals surface area contributed by atoms with Gasteiger partial charge in [-0.1, -0.05) is 0 Å². The van der Waals surface area contributed by atoms with Crippen LogP contribution in [0.1, 0.15) is 6.42 Å². The molecule has 0 aromatic heterocycles. The Morgan fingerprint density at radius 2 is 2.14 bits per heavy atom. The van der Waals surface area contributed by atoms with Crippen molar-refractivity contribution in [1.82, 2.24) is 0 Å². The maximum Gasteiger partial charge on any atom is 0 e. The number of hydrogen-bond acceptors (Lipinski definition) is 0. The van der Waals surface area contributed by atoms with Crippen LogP contribution in [0.3, 0.4) is 0 Å². The van der Waals surface area contributed by atoms with E-state index in [0.717, 1.165) is 6.42 Å². The molecule has 0 bridgehead atoms. The van der Waals surface area contributed by atoms with Gasteiger partial charge in [0, 0.05) is 21.1 Å². The summed E-state index contributed by atoms with van der Waals surface area (Å²) in [5.74, 6) is 0.227. The van der Waals surface area contributed by atoms with Crippen molar-refractivity contribution in [2.24, 2.45) is 5.92 Å².